The monoisotopic (exact) mass is 235 g/mol. The van der Waals surface area contributed by atoms with Crippen LogP contribution in [0.5, 0.6) is 0 Å². The first-order valence-corrected chi connectivity index (χ1v) is 6.17. The van der Waals surface area contributed by atoms with E-state index in [1.807, 2.05) is 19.9 Å². The predicted octanol–water partition coefficient (Wildman–Crippen LogP) is 3.76. The summed E-state index contributed by atoms with van der Waals surface area (Å²) in [4.78, 5) is 11.4. The van der Waals surface area contributed by atoms with E-state index in [0.29, 0.717) is 6.54 Å². The number of carbonyl (C=O) groups excluding carboxylic acids is 1. The Morgan fingerprint density at radius 1 is 1.12 bits per heavy atom. The number of rotatable bonds is 6. The largest absolute Gasteiger partial charge is 0.349 e. The van der Waals surface area contributed by atoms with E-state index >= 15 is 0 Å². The van der Waals surface area contributed by atoms with Crippen LogP contribution >= 0.6 is 0 Å². The zero-order valence-electron chi connectivity index (χ0n) is 11.8. The van der Waals surface area contributed by atoms with E-state index in [1.165, 1.54) is 11.1 Å². The van der Waals surface area contributed by atoms with Gasteiger partial charge in [-0.1, -0.05) is 29.4 Å². The lowest BCUT2D eigenvalue weighted by Crippen LogP contribution is -2.24. The first-order valence-electron chi connectivity index (χ1n) is 6.17. The zero-order chi connectivity index (χ0) is 13.3. The van der Waals surface area contributed by atoms with Gasteiger partial charge in [-0.05, 0) is 47.5 Å². The summed E-state index contributed by atoms with van der Waals surface area (Å²) in [6.45, 7) is 10.6. The van der Waals surface area contributed by atoms with E-state index in [1.54, 1.807) is 0 Å². The molecule has 0 rings (SSSR count). The molecule has 0 aromatic rings. The molecule has 0 aliphatic heterocycles. The first-order chi connectivity index (χ1) is 7.97. The first kappa shape index (κ1) is 15.7. The van der Waals surface area contributed by atoms with Crippen molar-refractivity contribution in [2.75, 3.05) is 6.54 Å². The molecule has 0 fully saturated rings. The van der Waals surface area contributed by atoms with Gasteiger partial charge in [0, 0.05) is 12.1 Å². The van der Waals surface area contributed by atoms with Crippen molar-refractivity contribution < 1.29 is 4.79 Å². The Balaban J connectivity index is 3.92. The van der Waals surface area contributed by atoms with Gasteiger partial charge in [0.1, 0.15) is 0 Å². The van der Waals surface area contributed by atoms with Gasteiger partial charge in [-0.3, -0.25) is 4.79 Å². The van der Waals surface area contributed by atoms with E-state index in [4.69, 9.17) is 0 Å². The summed E-state index contributed by atoms with van der Waals surface area (Å²) in [5, 5.41) is 2.86. The molecule has 1 amide bonds. The molecular weight excluding hydrogens is 210 g/mol. The highest BCUT2D eigenvalue weighted by atomic mass is 16.1. The fourth-order valence-electron chi connectivity index (χ4n) is 1.28. The molecule has 2 heteroatoms. The molecule has 0 unspecified atom stereocenters. The molecule has 0 aliphatic rings. The maximum Gasteiger partial charge on any atom is 0.246 e. The summed E-state index contributed by atoms with van der Waals surface area (Å²) < 4.78 is 0. The molecule has 0 bridgehead atoms. The van der Waals surface area contributed by atoms with Gasteiger partial charge in [0.15, 0.2) is 0 Å². The highest BCUT2D eigenvalue weighted by Crippen LogP contribution is 2.05. The van der Waals surface area contributed by atoms with Crippen molar-refractivity contribution in [1.82, 2.24) is 5.32 Å². The van der Waals surface area contributed by atoms with Crippen LogP contribution in [0.25, 0.3) is 0 Å². The van der Waals surface area contributed by atoms with Gasteiger partial charge in [-0.15, -0.1) is 0 Å². The van der Waals surface area contributed by atoms with Crippen molar-refractivity contribution >= 4 is 5.91 Å². The second-order valence-electron chi connectivity index (χ2n) is 4.55. The van der Waals surface area contributed by atoms with Crippen LogP contribution in [0.3, 0.4) is 0 Å². The number of hydrogen-bond acceptors (Lipinski definition) is 1. The summed E-state index contributed by atoms with van der Waals surface area (Å²) in [7, 11) is 0. The van der Waals surface area contributed by atoms with Gasteiger partial charge in [0.2, 0.25) is 5.91 Å². The molecule has 1 N–H and O–H groups in total. The molecule has 0 atom stereocenters. The zero-order valence-corrected chi connectivity index (χ0v) is 11.8. The van der Waals surface area contributed by atoms with E-state index in [0.717, 1.165) is 18.4 Å². The van der Waals surface area contributed by atoms with Crippen LogP contribution < -0.4 is 5.32 Å². The summed E-state index contributed by atoms with van der Waals surface area (Å²) in [6.07, 6.45) is 8.27. The Bertz CT molecular complexity index is 331. The predicted molar refractivity (Wildman–Crippen MR) is 74.9 cm³/mol. The molecule has 0 aromatic heterocycles. The molecule has 0 saturated heterocycles. The lowest BCUT2D eigenvalue weighted by Gasteiger charge is -2.03. The lowest BCUT2D eigenvalue weighted by atomic mass is 10.1. The van der Waals surface area contributed by atoms with Crippen LogP contribution in [-0.4, -0.2) is 12.5 Å². The van der Waals surface area contributed by atoms with Crippen LogP contribution in [0.15, 0.2) is 34.9 Å². The van der Waals surface area contributed by atoms with Gasteiger partial charge >= 0.3 is 0 Å². The standard InChI is InChI=1S/C15H25NO/c1-6-14(5)15(17)16-11-10-13(4)9-7-8-12(2)3/h6,8,10H,7,9,11H2,1-5H3,(H,16,17)/b13-10+,14-6+. The summed E-state index contributed by atoms with van der Waals surface area (Å²) in [6, 6.07) is 0. The molecule has 0 aromatic carbocycles. The topological polar surface area (TPSA) is 29.1 Å². The second kappa shape index (κ2) is 8.80. The third-order valence-corrected chi connectivity index (χ3v) is 2.60. The number of hydrogen-bond donors (Lipinski definition) is 1. The Labute approximate surface area is 105 Å². The average molecular weight is 235 g/mol. The Morgan fingerprint density at radius 2 is 1.76 bits per heavy atom. The quantitative estimate of drug-likeness (QED) is 0.551. The van der Waals surface area contributed by atoms with Gasteiger partial charge < -0.3 is 5.32 Å². The maximum absolute atomic E-state index is 11.4. The van der Waals surface area contributed by atoms with Crippen molar-refractivity contribution in [3.05, 3.63) is 34.9 Å². The highest BCUT2D eigenvalue weighted by molar-refractivity contribution is 5.92. The van der Waals surface area contributed by atoms with Crippen LogP contribution in [0.4, 0.5) is 0 Å². The van der Waals surface area contributed by atoms with Crippen LogP contribution in [0.1, 0.15) is 47.5 Å². The van der Waals surface area contributed by atoms with Gasteiger partial charge in [-0.25, -0.2) is 0 Å². The highest BCUT2D eigenvalue weighted by Gasteiger charge is 1.99. The van der Waals surface area contributed by atoms with Gasteiger partial charge in [-0.2, -0.15) is 0 Å². The molecule has 0 radical (unpaired) electrons. The Kier molecular flexibility index (Phi) is 8.12. The van der Waals surface area contributed by atoms with Crippen LogP contribution in [0.2, 0.25) is 0 Å². The van der Waals surface area contributed by atoms with Gasteiger partial charge in [0.05, 0.1) is 0 Å². The fourth-order valence-corrected chi connectivity index (χ4v) is 1.28. The van der Waals surface area contributed by atoms with Gasteiger partial charge in [0.25, 0.3) is 0 Å². The van der Waals surface area contributed by atoms with Crippen molar-refractivity contribution in [2.24, 2.45) is 0 Å². The number of allylic oxidation sites excluding steroid dienone is 4. The molecular formula is C15H25NO. The third kappa shape index (κ3) is 8.49. The molecule has 17 heavy (non-hydrogen) atoms. The molecule has 0 spiro atoms. The minimum atomic E-state index is 0.0147. The lowest BCUT2D eigenvalue weighted by molar-refractivity contribution is -0.117. The molecule has 96 valence electrons. The maximum atomic E-state index is 11.4. The van der Waals surface area contributed by atoms with Crippen molar-refractivity contribution in [3.8, 4) is 0 Å². The number of carbonyl (C=O) groups is 1. The van der Waals surface area contributed by atoms with Crippen molar-refractivity contribution in [2.45, 2.75) is 47.5 Å². The summed E-state index contributed by atoms with van der Waals surface area (Å²) >= 11 is 0. The van der Waals surface area contributed by atoms with E-state index in [2.05, 4.69) is 38.2 Å². The normalized spacial score (nSPS) is 12.3. The van der Waals surface area contributed by atoms with E-state index in [-0.39, 0.29) is 5.91 Å². The smallest absolute Gasteiger partial charge is 0.246 e. The molecule has 0 aliphatic carbocycles. The molecule has 2 nitrogen and oxygen atoms in total. The molecule has 0 saturated carbocycles. The Morgan fingerprint density at radius 3 is 2.29 bits per heavy atom. The number of nitrogens with one attached hydrogen (secondary N) is 1. The van der Waals surface area contributed by atoms with Crippen LogP contribution in [0, 0.1) is 0 Å². The fraction of sp³-hybridized carbons (Fsp3) is 0.533. The van der Waals surface area contributed by atoms with E-state index < -0.39 is 0 Å². The number of amides is 1. The van der Waals surface area contributed by atoms with Crippen LogP contribution in [-0.2, 0) is 4.79 Å². The minimum Gasteiger partial charge on any atom is -0.349 e. The average Bonchev–Trinajstić information content (AvgIpc) is 2.27. The third-order valence-electron chi connectivity index (χ3n) is 2.60. The Hall–Kier alpha value is -1.31. The minimum absolute atomic E-state index is 0.0147. The molecule has 0 heterocycles. The van der Waals surface area contributed by atoms with Crippen molar-refractivity contribution in [3.63, 3.8) is 0 Å². The van der Waals surface area contributed by atoms with Crippen molar-refractivity contribution in [1.29, 1.82) is 0 Å². The second-order valence-corrected chi connectivity index (χ2v) is 4.55. The van der Waals surface area contributed by atoms with E-state index in [9.17, 15) is 4.79 Å². The summed E-state index contributed by atoms with van der Waals surface area (Å²) in [5.41, 5.74) is 3.44. The SMILES string of the molecule is C/C=C(\C)C(=O)NC/C=C(\C)CCC=C(C)C. The summed E-state index contributed by atoms with van der Waals surface area (Å²) in [5.74, 6) is 0.0147.